The van der Waals surface area contributed by atoms with Gasteiger partial charge in [0.15, 0.2) is 0 Å². The van der Waals surface area contributed by atoms with E-state index in [2.05, 4.69) is 33.4 Å². The van der Waals surface area contributed by atoms with Crippen LogP contribution in [0.2, 0.25) is 0 Å². The lowest BCUT2D eigenvalue weighted by molar-refractivity contribution is -0.120. The second-order valence-electron chi connectivity index (χ2n) is 7.22. The molecule has 1 saturated heterocycles. The van der Waals surface area contributed by atoms with Crippen molar-refractivity contribution in [1.82, 2.24) is 19.8 Å². The molecule has 1 aromatic heterocycles. The Kier molecular flexibility index (Phi) is 6.90. The predicted molar refractivity (Wildman–Crippen MR) is 120 cm³/mol. The molecule has 0 bridgehead atoms. The molecule has 1 fully saturated rings. The number of rotatable bonds is 5. The summed E-state index contributed by atoms with van der Waals surface area (Å²) in [5.41, 5.74) is 0.981. The molecule has 0 saturated carbocycles. The second-order valence-corrected chi connectivity index (χ2v) is 7.22. The lowest BCUT2D eigenvalue weighted by Gasteiger charge is -2.36. The Morgan fingerprint density at radius 2 is 2.03 bits per heavy atom. The highest BCUT2D eigenvalue weighted by molar-refractivity contribution is 6.04. The number of carbonyl (C=O) groups is 1. The molecule has 7 heteroatoms. The van der Waals surface area contributed by atoms with Gasteiger partial charge in [-0.05, 0) is 18.4 Å². The van der Waals surface area contributed by atoms with Gasteiger partial charge in [0.05, 0.1) is 18.3 Å². The van der Waals surface area contributed by atoms with Crippen molar-refractivity contribution < 1.29 is 4.79 Å². The number of nitrogens with one attached hydrogen (secondary N) is 1. The van der Waals surface area contributed by atoms with Crippen LogP contribution in [0.1, 0.15) is 18.8 Å². The SMILES string of the molecule is CCN(C(=O)CN1CCNCC1c1nccn1C)c1cccc2ccccc12.Cl. The van der Waals surface area contributed by atoms with Crippen LogP contribution in [0.25, 0.3) is 10.8 Å². The van der Waals surface area contributed by atoms with Crippen molar-refractivity contribution in [2.75, 3.05) is 37.6 Å². The molecule has 1 N–H and O–H groups in total. The summed E-state index contributed by atoms with van der Waals surface area (Å²) in [6, 6.07) is 14.5. The summed E-state index contributed by atoms with van der Waals surface area (Å²) in [5, 5.41) is 5.70. The monoisotopic (exact) mass is 413 g/mol. The van der Waals surface area contributed by atoms with Gasteiger partial charge in [0.1, 0.15) is 5.82 Å². The van der Waals surface area contributed by atoms with E-state index in [1.807, 2.05) is 60.1 Å². The molecule has 1 amide bonds. The summed E-state index contributed by atoms with van der Waals surface area (Å²) in [5.74, 6) is 1.12. The zero-order chi connectivity index (χ0) is 19.5. The second kappa shape index (κ2) is 9.39. The molecule has 0 spiro atoms. The van der Waals surface area contributed by atoms with Crippen LogP contribution >= 0.6 is 12.4 Å². The van der Waals surface area contributed by atoms with E-state index in [9.17, 15) is 4.79 Å². The Balaban J connectivity index is 0.00000240. The van der Waals surface area contributed by atoms with Crippen molar-refractivity contribution in [2.45, 2.75) is 13.0 Å². The number of fused-ring (bicyclic) bond motifs is 1. The van der Waals surface area contributed by atoms with Gasteiger partial charge in [-0.2, -0.15) is 0 Å². The van der Waals surface area contributed by atoms with Gasteiger partial charge in [0.25, 0.3) is 0 Å². The fourth-order valence-corrected chi connectivity index (χ4v) is 4.07. The standard InChI is InChI=1S/C22H27N5O.ClH/c1-3-27(19-10-6-8-17-7-4-5-9-18(17)19)21(28)16-26-14-11-23-15-20(26)22-24-12-13-25(22)2;/h4-10,12-13,20,23H,3,11,14-16H2,1-2H3;1H. The number of carbonyl (C=O) groups excluding carboxylic acids is 1. The minimum Gasteiger partial charge on any atom is -0.337 e. The van der Waals surface area contributed by atoms with Crippen molar-refractivity contribution in [3.63, 3.8) is 0 Å². The van der Waals surface area contributed by atoms with Crippen LogP contribution in [0, 0.1) is 0 Å². The molecule has 1 aliphatic heterocycles. The molecule has 154 valence electrons. The zero-order valence-electron chi connectivity index (χ0n) is 16.9. The third-order valence-electron chi connectivity index (χ3n) is 5.52. The summed E-state index contributed by atoms with van der Waals surface area (Å²) in [4.78, 5) is 22.0. The molecule has 1 unspecified atom stereocenters. The molecule has 3 aromatic rings. The van der Waals surface area contributed by atoms with E-state index in [1.54, 1.807) is 0 Å². The third-order valence-corrected chi connectivity index (χ3v) is 5.52. The number of benzene rings is 2. The van der Waals surface area contributed by atoms with Gasteiger partial charge in [0, 0.05) is 51.0 Å². The average molecular weight is 414 g/mol. The molecule has 2 aromatic carbocycles. The molecule has 6 nitrogen and oxygen atoms in total. The Bertz CT molecular complexity index is 967. The molecular formula is C22H28ClN5O. The Morgan fingerprint density at radius 1 is 1.24 bits per heavy atom. The van der Waals surface area contributed by atoms with E-state index >= 15 is 0 Å². The molecule has 2 heterocycles. The first kappa shape index (κ1) is 21.3. The Hall–Kier alpha value is -2.41. The number of hydrogen-bond acceptors (Lipinski definition) is 4. The van der Waals surface area contributed by atoms with E-state index < -0.39 is 0 Å². The zero-order valence-corrected chi connectivity index (χ0v) is 17.7. The average Bonchev–Trinajstić information content (AvgIpc) is 3.15. The van der Waals surface area contributed by atoms with Crippen LogP contribution in [-0.2, 0) is 11.8 Å². The fraction of sp³-hybridized carbons (Fsp3) is 0.364. The number of imidazole rings is 1. The van der Waals surface area contributed by atoms with Crippen molar-refractivity contribution >= 4 is 34.8 Å². The number of piperazine rings is 1. The number of likely N-dealkylation sites (N-methyl/N-ethyl adjacent to an activating group) is 1. The van der Waals surface area contributed by atoms with E-state index in [0.29, 0.717) is 13.1 Å². The van der Waals surface area contributed by atoms with E-state index in [1.165, 1.54) is 0 Å². The maximum Gasteiger partial charge on any atom is 0.241 e. The summed E-state index contributed by atoms with van der Waals surface area (Å²) in [6.45, 7) is 5.58. The van der Waals surface area contributed by atoms with Crippen molar-refractivity contribution in [2.24, 2.45) is 7.05 Å². The third kappa shape index (κ3) is 4.29. The number of anilines is 1. The van der Waals surface area contributed by atoms with E-state index in [-0.39, 0.29) is 24.4 Å². The number of amides is 1. The summed E-state index contributed by atoms with van der Waals surface area (Å²) in [7, 11) is 2.01. The summed E-state index contributed by atoms with van der Waals surface area (Å²) >= 11 is 0. The van der Waals surface area contributed by atoms with Crippen LogP contribution in [0.4, 0.5) is 5.69 Å². The number of aryl methyl sites for hydroxylation is 1. The van der Waals surface area contributed by atoms with E-state index in [4.69, 9.17) is 0 Å². The van der Waals surface area contributed by atoms with Crippen LogP contribution in [0.3, 0.4) is 0 Å². The minimum absolute atomic E-state index is 0. The summed E-state index contributed by atoms with van der Waals surface area (Å²) < 4.78 is 2.04. The first-order chi connectivity index (χ1) is 13.7. The predicted octanol–water partition coefficient (Wildman–Crippen LogP) is 2.99. The van der Waals surface area contributed by atoms with Gasteiger partial charge in [-0.25, -0.2) is 4.98 Å². The fourth-order valence-electron chi connectivity index (χ4n) is 4.07. The number of halogens is 1. The number of hydrogen-bond donors (Lipinski definition) is 1. The normalized spacial score (nSPS) is 17.1. The smallest absolute Gasteiger partial charge is 0.241 e. The highest BCUT2D eigenvalue weighted by atomic mass is 35.5. The van der Waals surface area contributed by atoms with Crippen molar-refractivity contribution in [3.8, 4) is 0 Å². The van der Waals surface area contributed by atoms with Gasteiger partial charge in [-0.15, -0.1) is 12.4 Å². The molecule has 29 heavy (non-hydrogen) atoms. The summed E-state index contributed by atoms with van der Waals surface area (Å²) in [6.07, 6.45) is 3.77. The minimum atomic E-state index is 0. The molecule has 1 aliphatic rings. The molecule has 0 aliphatic carbocycles. The van der Waals surface area contributed by atoms with Crippen LogP contribution in [-0.4, -0.2) is 53.1 Å². The first-order valence-electron chi connectivity index (χ1n) is 9.89. The Morgan fingerprint density at radius 3 is 2.79 bits per heavy atom. The molecular weight excluding hydrogens is 386 g/mol. The Labute approximate surface area is 177 Å². The van der Waals surface area contributed by atoms with Gasteiger partial charge >= 0.3 is 0 Å². The highest BCUT2D eigenvalue weighted by Crippen LogP contribution is 2.27. The van der Waals surface area contributed by atoms with Crippen LogP contribution < -0.4 is 10.2 Å². The molecule has 1 atom stereocenters. The van der Waals surface area contributed by atoms with Gasteiger partial charge in [-0.3, -0.25) is 9.69 Å². The van der Waals surface area contributed by atoms with Gasteiger partial charge < -0.3 is 14.8 Å². The lowest BCUT2D eigenvalue weighted by atomic mass is 10.1. The maximum atomic E-state index is 13.3. The van der Waals surface area contributed by atoms with E-state index in [0.717, 1.165) is 41.9 Å². The number of nitrogens with zero attached hydrogens (tertiary/aromatic N) is 4. The van der Waals surface area contributed by atoms with Crippen LogP contribution in [0.15, 0.2) is 54.9 Å². The van der Waals surface area contributed by atoms with Crippen molar-refractivity contribution in [3.05, 3.63) is 60.7 Å². The quantitative estimate of drug-likeness (QED) is 0.698. The topological polar surface area (TPSA) is 53.4 Å². The largest absolute Gasteiger partial charge is 0.337 e. The number of aromatic nitrogens is 2. The molecule has 0 radical (unpaired) electrons. The van der Waals surface area contributed by atoms with Crippen LogP contribution in [0.5, 0.6) is 0 Å². The van der Waals surface area contributed by atoms with Gasteiger partial charge in [0.2, 0.25) is 5.91 Å². The highest BCUT2D eigenvalue weighted by Gasteiger charge is 2.29. The van der Waals surface area contributed by atoms with Crippen molar-refractivity contribution in [1.29, 1.82) is 0 Å². The molecule has 4 rings (SSSR count). The maximum absolute atomic E-state index is 13.3. The first-order valence-corrected chi connectivity index (χ1v) is 9.89. The van der Waals surface area contributed by atoms with Gasteiger partial charge in [-0.1, -0.05) is 36.4 Å². The lowest BCUT2D eigenvalue weighted by Crippen LogP contribution is -2.50.